The molecular weight excluding hydrogens is 240 g/mol. The van der Waals surface area contributed by atoms with E-state index in [9.17, 15) is 5.11 Å². The molecule has 18 heavy (non-hydrogen) atoms. The maximum Gasteiger partial charge on any atom is 0.200 e. The molecule has 0 bridgehead atoms. The van der Waals surface area contributed by atoms with Gasteiger partial charge < -0.3 is 9.53 Å². The van der Waals surface area contributed by atoms with Crippen molar-refractivity contribution >= 4 is 8.32 Å². The topological polar surface area (TPSA) is 29.5 Å². The lowest BCUT2D eigenvalue weighted by Gasteiger charge is -2.43. The Bertz CT molecular complexity index is 205. The second-order valence-corrected chi connectivity index (χ2v) is 12.2. The van der Waals surface area contributed by atoms with Crippen molar-refractivity contribution in [1.82, 2.24) is 0 Å². The molecule has 0 fully saturated rings. The molecule has 110 valence electrons. The third-order valence-electron chi connectivity index (χ3n) is 4.56. The summed E-state index contributed by atoms with van der Waals surface area (Å²) in [7, 11) is -1.73. The molecule has 0 aliphatic rings. The number of hydrogen-bond donors (Lipinski definition) is 1. The van der Waals surface area contributed by atoms with Crippen LogP contribution in [0.2, 0.25) is 16.6 Å². The van der Waals surface area contributed by atoms with Crippen LogP contribution in [-0.2, 0) is 4.43 Å². The lowest BCUT2D eigenvalue weighted by atomic mass is 9.98. The van der Waals surface area contributed by atoms with Gasteiger partial charge in [-0.15, -0.1) is 0 Å². The highest BCUT2D eigenvalue weighted by Crippen LogP contribution is 2.42. The molecule has 0 aliphatic carbocycles. The minimum absolute atomic E-state index is 0.254. The lowest BCUT2D eigenvalue weighted by Crippen LogP contribution is -2.48. The van der Waals surface area contributed by atoms with E-state index in [1.165, 1.54) is 0 Å². The minimum atomic E-state index is -1.73. The molecule has 0 aromatic heterocycles. The van der Waals surface area contributed by atoms with Gasteiger partial charge in [0, 0.05) is 13.2 Å². The van der Waals surface area contributed by atoms with Crippen LogP contribution in [0, 0.1) is 11.8 Å². The van der Waals surface area contributed by atoms with Crippen molar-refractivity contribution in [3.05, 3.63) is 0 Å². The van der Waals surface area contributed by atoms with Crippen molar-refractivity contribution in [2.75, 3.05) is 13.2 Å². The fourth-order valence-corrected chi connectivity index (χ4v) is 8.67. The van der Waals surface area contributed by atoms with Gasteiger partial charge in [-0.3, -0.25) is 0 Å². The second kappa shape index (κ2) is 7.66. The van der Waals surface area contributed by atoms with E-state index in [1.54, 1.807) is 0 Å². The van der Waals surface area contributed by atoms with E-state index < -0.39 is 8.32 Å². The van der Waals surface area contributed by atoms with Crippen molar-refractivity contribution < 1.29 is 9.53 Å². The van der Waals surface area contributed by atoms with E-state index in [4.69, 9.17) is 4.43 Å². The first-order chi connectivity index (χ1) is 8.20. The molecule has 0 radical (unpaired) electrons. The zero-order valence-corrected chi connectivity index (χ0v) is 14.7. The van der Waals surface area contributed by atoms with Crippen LogP contribution in [-0.4, -0.2) is 26.6 Å². The van der Waals surface area contributed by atoms with E-state index in [1.807, 2.05) is 0 Å². The molecular formula is C15H34O2Si. The average Bonchev–Trinajstić information content (AvgIpc) is 2.26. The maximum atomic E-state index is 9.22. The van der Waals surface area contributed by atoms with Crippen LogP contribution in [0.5, 0.6) is 0 Å². The first kappa shape index (κ1) is 18.1. The predicted molar refractivity (Wildman–Crippen MR) is 82.4 cm³/mol. The molecule has 2 atom stereocenters. The maximum absolute atomic E-state index is 9.22. The summed E-state index contributed by atoms with van der Waals surface area (Å²) in [4.78, 5) is 0. The van der Waals surface area contributed by atoms with Crippen LogP contribution >= 0.6 is 0 Å². The fraction of sp³-hybridized carbons (Fsp3) is 1.00. The summed E-state index contributed by atoms with van der Waals surface area (Å²) < 4.78 is 6.53. The quantitative estimate of drug-likeness (QED) is 0.663. The Labute approximate surface area is 115 Å². The molecule has 0 saturated heterocycles. The molecule has 0 heterocycles. The molecule has 0 spiro atoms. The van der Waals surface area contributed by atoms with Crippen molar-refractivity contribution in [2.45, 2.75) is 72.0 Å². The first-order valence-corrected chi connectivity index (χ1v) is 9.58. The standard InChI is InChI=1S/C15H34O2Si/c1-11(2)18(12(3)4,13(5)6)17-10-15(8)14(7)9-16/h11-16H,9-10H2,1-8H3/t14-,15-/m0/s1. The van der Waals surface area contributed by atoms with E-state index in [-0.39, 0.29) is 6.61 Å². The second-order valence-electron chi connectivity index (χ2n) is 6.77. The highest BCUT2D eigenvalue weighted by Gasteiger charge is 2.45. The van der Waals surface area contributed by atoms with Crippen molar-refractivity contribution in [3.8, 4) is 0 Å². The summed E-state index contributed by atoms with van der Waals surface area (Å²) in [6.45, 7) is 19.2. The van der Waals surface area contributed by atoms with Crippen LogP contribution in [0.15, 0.2) is 0 Å². The lowest BCUT2D eigenvalue weighted by molar-refractivity contribution is 0.141. The van der Waals surface area contributed by atoms with Gasteiger partial charge in [0.05, 0.1) is 0 Å². The third-order valence-corrected chi connectivity index (χ3v) is 10.6. The van der Waals surface area contributed by atoms with Crippen LogP contribution in [0.25, 0.3) is 0 Å². The summed E-state index contributed by atoms with van der Waals surface area (Å²) in [6.07, 6.45) is 0. The van der Waals surface area contributed by atoms with Gasteiger partial charge in [0.25, 0.3) is 0 Å². The third kappa shape index (κ3) is 4.07. The van der Waals surface area contributed by atoms with Gasteiger partial charge in [-0.05, 0) is 28.5 Å². The number of aliphatic hydroxyl groups is 1. The minimum Gasteiger partial charge on any atom is -0.416 e. The Hall–Kier alpha value is 0.137. The van der Waals surface area contributed by atoms with Gasteiger partial charge >= 0.3 is 0 Å². The van der Waals surface area contributed by atoms with Crippen molar-refractivity contribution in [3.63, 3.8) is 0 Å². The molecule has 0 saturated carbocycles. The largest absolute Gasteiger partial charge is 0.416 e. The zero-order valence-electron chi connectivity index (χ0n) is 13.7. The summed E-state index contributed by atoms with van der Waals surface area (Å²) in [5.41, 5.74) is 1.90. The summed E-state index contributed by atoms with van der Waals surface area (Å²) in [5.74, 6) is 0.751. The average molecular weight is 275 g/mol. The van der Waals surface area contributed by atoms with Crippen LogP contribution in [0.4, 0.5) is 0 Å². The Morgan fingerprint density at radius 1 is 0.778 bits per heavy atom. The number of rotatable bonds is 8. The Balaban J connectivity index is 4.81. The Morgan fingerprint density at radius 3 is 1.44 bits per heavy atom. The van der Waals surface area contributed by atoms with Gasteiger partial charge in [0.2, 0.25) is 0 Å². The van der Waals surface area contributed by atoms with Crippen LogP contribution in [0.3, 0.4) is 0 Å². The molecule has 0 rings (SSSR count). The Kier molecular flexibility index (Phi) is 7.72. The van der Waals surface area contributed by atoms with Gasteiger partial charge in [0.15, 0.2) is 8.32 Å². The SMILES string of the molecule is CC(C)[Si](OC[C@H](C)[C@@H](C)CO)(C(C)C)C(C)C. The van der Waals surface area contributed by atoms with E-state index in [0.29, 0.717) is 28.5 Å². The normalized spacial score (nSPS) is 16.7. The molecule has 0 aliphatic heterocycles. The van der Waals surface area contributed by atoms with E-state index in [2.05, 4.69) is 55.4 Å². The predicted octanol–water partition coefficient (Wildman–Crippen LogP) is 4.44. The molecule has 0 unspecified atom stereocenters. The molecule has 0 amide bonds. The first-order valence-electron chi connectivity index (χ1n) is 7.44. The van der Waals surface area contributed by atoms with Gasteiger partial charge in [0.1, 0.15) is 0 Å². The number of aliphatic hydroxyl groups excluding tert-OH is 1. The smallest absolute Gasteiger partial charge is 0.200 e. The zero-order chi connectivity index (χ0) is 14.5. The number of hydrogen-bond acceptors (Lipinski definition) is 2. The molecule has 0 aromatic rings. The monoisotopic (exact) mass is 274 g/mol. The highest BCUT2D eigenvalue weighted by atomic mass is 28.4. The molecule has 2 nitrogen and oxygen atoms in total. The molecule has 1 N–H and O–H groups in total. The highest BCUT2D eigenvalue weighted by molar-refractivity contribution is 6.77. The van der Waals surface area contributed by atoms with E-state index in [0.717, 1.165) is 6.61 Å². The summed E-state index contributed by atoms with van der Waals surface area (Å²) >= 11 is 0. The molecule has 0 aromatic carbocycles. The van der Waals surface area contributed by atoms with Crippen molar-refractivity contribution in [1.29, 1.82) is 0 Å². The van der Waals surface area contributed by atoms with Crippen molar-refractivity contribution in [2.24, 2.45) is 11.8 Å². The van der Waals surface area contributed by atoms with E-state index >= 15 is 0 Å². The van der Waals surface area contributed by atoms with Gasteiger partial charge in [-0.25, -0.2) is 0 Å². The Morgan fingerprint density at radius 2 is 1.17 bits per heavy atom. The summed E-state index contributed by atoms with van der Waals surface area (Å²) in [5, 5.41) is 9.22. The molecule has 3 heteroatoms. The van der Waals surface area contributed by atoms with Crippen LogP contribution < -0.4 is 0 Å². The van der Waals surface area contributed by atoms with Crippen LogP contribution in [0.1, 0.15) is 55.4 Å². The summed E-state index contributed by atoms with van der Waals surface area (Å²) in [6, 6.07) is 0. The fourth-order valence-electron chi connectivity index (χ4n) is 3.12. The van der Waals surface area contributed by atoms with Gasteiger partial charge in [-0.2, -0.15) is 0 Å². The van der Waals surface area contributed by atoms with Gasteiger partial charge in [-0.1, -0.05) is 55.4 Å².